The van der Waals surface area contributed by atoms with Crippen LogP contribution in [0.2, 0.25) is 0 Å². The number of benzene rings is 2. The Hall–Kier alpha value is 0.420. The fourth-order valence-corrected chi connectivity index (χ4v) is 5.75. The minimum atomic E-state index is -0.115. The number of hydrogen-bond acceptors (Lipinski definition) is 0. The predicted molar refractivity (Wildman–Crippen MR) is 84.6 cm³/mol. The van der Waals surface area contributed by atoms with E-state index in [1.54, 1.807) is 0 Å². The zero-order valence-electron chi connectivity index (χ0n) is 11.8. The van der Waals surface area contributed by atoms with Crippen LogP contribution in [0, 0.1) is 34.8 Å². The molecule has 0 saturated heterocycles. The van der Waals surface area contributed by atoms with Gasteiger partial charge in [0, 0.05) is 20.1 Å². The molecular formula is C16H16Br2ClI. The number of rotatable bonds is 2. The van der Waals surface area contributed by atoms with Gasteiger partial charge >= 0.3 is 21.2 Å². The molecule has 0 heterocycles. The molecule has 4 heteroatoms. The van der Waals surface area contributed by atoms with Crippen LogP contribution in [0.1, 0.15) is 22.3 Å². The van der Waals surface area contributed by atoms with Crippen molar-refractivity contribution in [3.05, 3.63) is 62.6 Å². The zero-order chi connectivity index (χ0) is 14.2. The van der Waals surface area contributed by atoms with Crippen LogP contribution >= 0.6 is 31.9 Å². The van der Waals surface area contributed by atoms with Crippen LogP contribution in [0.5, 0.6) is 0 Å². The van der Waals surface area contributed by atoms with E-state index in [2.05, 4.69) is 83.8 Å². The first-order chi connectivity index (χ1) is 8.88. The third-order valence-electron chi connectivity index (χ3n) is 3.08. The zero-order valence-corrected chi connectivity index (χ0v) is 17.9. The third-order valence-corrected chi connectivity index (χ3v) is 8.28. The fourth-order valence-electron chi connectivity index (χ4n) is 1.80. The van der Waals surface area contributed by atoms with Crippen molar-refractivity contribution in [2.24, 2.45) is 0 Å². The van der Waals surface area contributed by atoms with Crippen molar-refractivity contribution in [1.29, 1.82) is 0 Å². The maximum absolute atomic E-state index is 3.61. The second kappa shape index (κ2) is 7.61. The molecule has 0 N–H and O–H groups in total. The molecule has 0 nitrogen and oxygen atoms in total. The Morgan fingerprint density at radius 2 is 1.00 bits per heavy atom. The predicted octanol–water partition coefficient (Wildman–Crippen LogP) is -0.422. The molecule has 0 aliphatic carbocycles. The van der Waals surface area contributed by atoms with Gasteiger partial charge in [0.25, 0.3) is 0 Å². The van der Waals surface area contributed by atoms with Gasteiger partial charge in [-0.15, -0.1) is 0 Å². The van der Waals surface area contributed by atoms with Crippen LogP contribution in [0.3, 0.4) is 0 Å². The maximum atomic E-state index is 3.61. The lowest BCUT2D eigenvalue weighted by Crippen LogP contribution is -3.62. The number of aryl methyl sites for hydroxylation is 4. The minimum absolute atomic E-state index is 0. The Bertz CT molecular complexity index is 583. The first-order valence-electron chi connectivity index (χ1n) is 6.07. The molecule has 0 unspecified atom stereocenters. The summed E-state index contributed by atoms with van der Waals surface area (Å²) >= 11 is 7.10. The van der Waals surface area contributed by atoms with Gasteiger partial charge < -0.3 is 12.4 Å². The van der Waals surface area contributed by atoms with E-state index in [4.69, 9.17) is 0 Å². The summed E-state index contributed by atoms with van der Waals surface area (Å²) < 4.78 is 5.46. The van der Waals surface area contributed by atoms with E-state index in [9.17, 15) is 0 Å². The van der Waals surface area contributed by atoms with Gasteiger partial charge in [-0.2, -0.15) is 0 Å². The molecule has 20 heavy (non-hydrogen) atoms. The standard InChI is InChI=1S/C16H16Br2I.ClH/c1-9-7-15(11(3)5-13(9)17)19-16-8-10(2)14(18)6-12(16)4;/h5-8H,1-4H3;1H/q+1;/p-1. The third kappa shape index (κ3) is 4.21. The summed E-state index contributed by atoms with van der Waals surface area (Å²) in [7, 11) is 0. The lowest BCUT2D eigenvalue weighted by molar-refractivity contribution is -0.598. The van der Waals surface area contributed by atoms with Crippen molar-refractivity contribution in [2.75, 3.05) is 0 Å². The van der Waals surface area contributed by atoms with Crippen LogP contribution in [-0.4, -0.2) is 0 Å². The number of hydrogen-bond donors (Lipinski definition) is 0. The Kier molecular flexibility index (Phi) is 7.03. The molecule has 0 atom stereocenters. The van der Waals surface area contributed by atoms with Gasteiger partial charge in [0.05, 0.1) is 0 Å². The molecule has 108 valence electrons. The van der Waals surface area contributed by atoms with E-state index in [1.165, 1.54) is 38.3 Å². The highest BCUT2D eigenvalue weighted by atomic mass is 127. The Morgan fingerprint density at radius 1 is 0.650 bits per heavy atom. The summed E-state index contributed by atoms with van der Waals surface area (Å²) in [5.74, 6) is 0. The maximum Gasteiger partial charge on any atom is 0.358 e. The molecule has 0 radical (unpaired) electrons. The van der Waals surface area contributed by atoms with E-state index in [-0.39, 0.29) is 33.6 Å². The van der Waals surface area contributed by atoms with E-state index in [1.807, 2.05) is 0 Å². The molecule has 0 amide bonds. The molecule has 2 aromatic rings. The normalized spacial score (nSPS) is 10.3. The van der Waals surface area contributed by atoms with Gasteiger partial charge in [-0.1, -0.05) is 31.9 Å². The Balaban J connectivity index is 0.00000200. The van der Waals surface area contributed by atoms with Crippen LogP contribution in [0.4, 0.5) is 0 Å². The molecule has 0 fully saturated rings. The quantitative estimate of drug-likeness (QED) is 0.463. The average Bonchev–Trinajstić information content (AvgIpc) is 2.32. The van der Waals surface area contributed by atoms with Gasteiger partial charge in [-0.05, 0) is 63.1 Å². The molecule has 2 aromatic carbocycles. The molecule has 0 saturated carbocycles. The highest BCUT2D eigenvalue weighted by molar-refractivity contribution is 9.10. The van der Waals surface area contributed by atoms with Crippen molar-refractivity contribution in [2.45, 2.75) is 27.7 Å². The lowest BCUT2D eigenvalue weighted by Gasteiger charge is -2.02. The van der Waals surface area contributed by atoms with Crippen molar-refractivity contribution < 1.29 is 33.6 Å². The summed E-state index contributed by atoms with van der Waals surface area (Å²) in [6.07, 6.45) is 0. The largest absolute Gasteiger partial charge is 1.00 e. The van der Waals surface area contributed by atoms with Crippen molar-refractivity contribution in [3.63, 3.8) is 0 Å². The summed E-state index contributed by atoms with van der Waals surface area (Å²) in [5.41, 5.74) is 5.44. The lowest BCUT2D eigenvalue weighted by atomic mass is 10.2. The SMILES string of the molecule is Cc1cc([I+]c2cc(C)c(Br)cc2C)c(C)cc1Br.[Cl-]. The Labute approximate surface area is 154 Å². The van der Waals surface area contributed by atoms with Crippen LogP contribution in [0.15, 0.2) is 33.2 Å². The second-order valence-electron chi connectivity index (χ2n) is 4.80. The molecule has 0 bridgehead atoms. The second-order valence-corrected chi connectivity index (χ2v) is 9.37. The molecule has 2 rings (SSSR count). The van der Waals surface area contributed by atoms with Gasteiger partial charge in [-0.3, -0.25) is 0 Å². The highest BCUT2D eigenvalue weighted by Gasteiger charge is 2.22. The smallest absolute Gasteiger partial charge is 0.358 e. The first kappa shape index (κ1) is 18.5. The van der Waals surface area contributed by atoms with E-state index < -0.39 is 0 Å². The first-order valence-corrected chi connectivity index (χ1v) is 9.81. The summed E-state index contributed by atoms with van der Waals surface area (Å²) in [4.78, 5) is 0. The van der Waals surface area contributed by atoms with E-state index in [0.717, 1.165) is 0 Å². The molecule has 0 aromatic heterocycles. The monoisotopic (exact) mass is 528 g/mol. The molecular weight excluding hydrogens is 514 g/mol. The van der Waals surface area contributed by atoms with Crippen LogP contribution in [0.25, 0.3) is 0 Å². The minimum Gasteiger partial charge on any atom is -1.00 e. The van der Waals surface area contributed by atoms with Gasteiger partial charge in [0.15, 0.2) is 7.14 Å². The highest BCUT2D eigenvalue weighted by Crippen LogP contribution is 2.18. The average molecular weight is 530 g/mol. The Morgan fingerprint density at radius 3 is 1.35 bits per heavy atom. The topological polar surface area (TPSA) is 0 Å². The van der Waals surface area contributed by atoms with Crippen molar-refractivity contribution in [1.82, 2.24) is 0 Å². The molecule has 0 aliphatic heterocycles. The van der Waals surface area contributed by atoms with E-state index >= 15 is 0 Å². The molecule has 0 spiro atoms. The summed E-state index contributed by atoms with van der Waals surface area (Å²) in [5, 5.41) is 0. The van der Waals surface area contributed by atoms with Crippen molar-refractivity contribution in [3.8, 4) is 0 Å². The van der Waals surface area contributed by atoms with Gasteiger partial charge in [0.1, 0.15) is 0 Å². The summed E-state index contributed by atoms with van der Waals surface area (Å²) in [6.45, 7) is 8.74. The van der Waals surface area contributed by atoms with Crippen molar-refractivity contribution >= 4 is 31.9 Å². The van der Waals surface area contributed by atoms with Crippen LogP contribution in [-0.2, 0) is 0 Å². The molecule has 0 aliphatic rings. The van der Waals surface area contributed by atoms with Crippen LogP contribution < -0.4 is 33.6 Å². The fraction of sp³-hybridized carbons (Fsp3) is 0.250. The van der Waals surface area contributed by atoms with Gasteiger partial charge in [-0.25, -0.2) is 0 Å². The van der Waals surface area contributed by atoms with Gasteiger partial charge in [0.2, 0.25) is 0 Å². The number of halogens is 4. The van der Waals surface area contributed by atoms with E-state index in [0.29, 0.717) is 0 Å². The summed E-state index contributed by atoms with van der Waals surface area (Å²) in [6, 6.07) is 9.16.